The molecule has 0 aliphatic heterocycles. The van der Waals surface area contributed by atoms with E-state index in [0.717, 1.165) is 27.5 Å². The highest BCUT2D eigenvalue weighted by atomic mass is 32.1. The van der Waals surface area contributed by atoms with Crippen LogP contribution in [0.1, 0.15) is 0 Å². The van der Waals surface area contributed by atoms with Gasteiger partial charge in [0, 0.05) is 16.9 Å². The summed E-state index contributed by atoms with van der Waals surface area (Å²) < 4.78 is 1.17. The van der Waals surface area contributed by atoms with Crippen LogP contribution in [0.3, 0.4) is 0 Å². The molecular weight excluding hydrogens is 330 g/mol. The maximum absolute atomic E-state index is 12.0. The molecule has 1 aromatic heterocycles. The van der Waals surface area contributed by atoms with Crippen LogP contribution in [0.2, 0.25) is 0 Å². The smallest absolute Gasteiger partial charge is 0.308 e. The van der Waals surface area contributed by atoms with Crippen LogP contribution in [-0.4, -0.2) is 11.0 Å². The Morgan fingerprint density at radius 1 is 0.760 bits per heavy atom. The van der Waals surface area contributed by atoms with E-state index < -0.39 is 0 Å². The van der Waals surface area contributed by atoms with Gasteiger partial charge in [0.2, 0.25) is 0 Å². The van der Waals surface area contributed by atoms with Crippen LogP contribution < -0.4 is 10.6 Å². The molecule has 3 aromatic carbocycles. The van der Waals surface area contributed by atoms with Gasteiger partial charge in [-0.05, 0) is 48.5 Å². The third-order valence-electron chi connectivity index (χ3n) is 3.72. The number of benzene rings is 3. The topological polar surface area (TPSA) is 54.0 Å². The van der Waals surface area contributed by atoms with Gasteiger partial charge in [0.05, 0.1) is 10.2 Å². The van der Waals surface area contributed by atoms with Crippen LogP contribution in [-0.2, 0) is 0 Å². The number of anilines is 2. The van der Waals surface area contributed by atoms with Gasteiger partial charge in [0.1, 0.15) is 5.01 Å². The first-order valence-electron chi connectivity index (χ1n) is 7.87. The van der Waals surface area contributed by atoms with Crippen LogP contribution in [0.5, 0.6) is 0 Å². The minimum atomic E-state index is -0.265. The molecule has 0 bridgehead atoms. The molecule has 2 N–H and O–H groups in total. The lowest BCUT2D eigenvalue weighted by Gasteiger charge is -2.07. The molecule has 2 amide bonds. The quantitative estimate of drug-likeness (QED) is 0.507. The Morgan fingerprint density at radius 3 is 2.12 bits per heavy atom. The number of nitrogens with one attached hydrogen (secondary N) is 2. The second-order valence-electron chi connectivity index (χ2n) is 5.51. The monoisotopic (exact) mass is 345 g/mol. The molecule has 0 spiro atoms. The van der Waals surface area contributed by atoms with E-state index in [0.29, 0.717) is 0 Å². The molecule has 5 heteroatoms. The minimum absolute atomic E-state index is 0.265. The fourth-order valence-corrected chi connectivity index (χ4v) is 3.48. The second-order valence-corrected chi connectivity index (χ2v) is 6.54. The zero-order valence-corrected chi connectivity index (χ0v) is 14.1. The molecule has 0 saturated heterocycles. The van der Waals surface area contributed by atoms with Crippen molar-refractivity contribution in [2.45, 2.75) is 0 Å². The molecule has 0 aliphatic carbocycles. The number of aromatic nitrogens is 1. The first-order chi connectivity index (χ1) is 12.3. The predicted molar refractivity (Wildman–Crippen MR) is 104 cm³/mol. The van der Waals surface area contributed by atoms with E-state index in [1.807, 2.05) is 72.8 Å². The van der Waals surface area contributed by atoms with Gasteiger partial charge in [-0.1, -0.05) is 30.3 Å². The Kier molecular flexibility index (Phi) is 4.14. The van der Waals surface area contributed by atoms with Crippen LogP contribution in [0.25, 0.3) is 20.8 Å². The van der Waals surface area contributed by atoms with Crippen molar-refractivity contribution in [1.29, 1.82) is 0 Å². The predicted octanol–water partition coefficient (Wildman–Crippen LogP) is 5.61. The molecular formula is C20H15N3OS. The minimum Gasteiger partial charge on any atom is -0.308 e. The van der Waals surface area contributed by atoms with Crippen LogP contribution >= 0.6 is 11.3 Å². The zero-order valence-electron chi connectivity index (χ0n) is 13.3. The fourth-order valence-electron chi connectivity index (χ4n) is 2.51. The molecule has 4 nitrogen and oxygen atoms in total. The standard InChI is InChI=1S/C20H15N3OS/c24-20(21-15-6-2-1-3-7-15)22-16-12-10-14(11-13-16)19-23-17-8-4-5-9-18(17)25-19/h1-13H,(H2,21,22,24). The number of fused-ring (bicyclic) bond motifs is 1. The second kappa shape index (κ2) is 6.75. The summed E-state index contributed by atoms with van der Waals surface area (Å²) in [7, 11) is 0. The Hall–Kier alpha value is -3.18. The van der Waals surface area contributed by atoms with Crippen molar-refractivity contribution in [3.05, 3.63) is 78.9 Å². The van der Waals surface area contributed by atoms with Gasteiger partial charge in [0.15, 0.2) is 0 Å². The van der Waals surface area contributed by atoms with Crippen molar-refractivity contribution in [1.82, 2.24) is 4.98 Å². The number of amides is 2. The number of urea groups is 1. The van der Waals surface area contributed by atoms with Crippen LogP contribution in [0.15, 0.2) is 78.9 Å². The first-order valence-corrected chi connectivity index (χ1v) is 8.69. The summed E-state index contributed by atoms with van der Waals surface area (Å²) >= 11 is 1.66. The summed E-state index contributed by atoms with van der Waals surface area (Å²) in [6.45, 7) is 0. The largest absolute Gasteiger partial charge is 0.323 e. The van der Waals surface area contributed by atoms with Crippen LogP contribution in [0, 0.1) is 0 Å². The lowest BCUT2D eigenvalue weighted by Crippen LogP contribution is -2.19. The maximum Gasteiger partial charge on any atom is 0.323 e. The highest BCUT2D eigenvalue weighted by Crippen LogP contribution is 2.30. The normalized spacial score (nSPS) is 10.6. The lowest BCUT2D eigenvalue weighted by molar-refractivity contribution is 0.262. The van der Waals surface area contributed by atoms with Crippen molar-refractivity contribution in [2.75, 3.05) is 10.6 Å². The summed E-state index contributed by atoms with van der Waals surface area (Å²) in [6.07, 6.45) is 0. The molecule has 4 aromatic rings. The van der Waals surface area contributed by atoms with Crippen molar-refractivity contribution in [2.24, 2.45) is 0 Å². The SMILES string of the molecule is O=C(Nc1ccccc1)Nc1ccc(-c2nc3ccccc3s2)cc1. The summed E-state index contributed by atoms with van der Waals surface area (Å²) in [6, 6.07) is 24.9. The average molecular weight is 345 g/mol. The number of para-hydroxylation sites is 2. The van der Waals surface area contributed by atoms with Crippen molar-refractivity contribution in [3.8, 4) is 10.6 Å². The van der Waals surface area contributed by atoms with E-state index in [9.17, 15) is 4.79 Å². The molecule has 25 heavy (non-hydrogen) atoms. The number of nitrogens with zero attached hydrogens (tertiary/aromatic N) is 1. The molecule has 0 saturated carbocycles. The summed E-state index contributed by atoms with van der Waals surface area (Å²) in [5.74, 6) is 0. The summed E-state index contributed by atoms with van der Waals surface area (Å²) in [5, 5.41) is 6.60. The Balaban J connectivity index is 1.47. The van der Waals surface area contributed by atoms with E-state index in [1.54, 1.807) is 11.3 Å². The summed E-state index contributed by atoms with van der Waals surface area (Å²) in [4.78, 5) is 16.7. The number of carbonyl (C=O) groups excluding carboxylic acids is 1. The highest BCUT2D eigenvalue weighted by molar-refractivity contribution is 7.21. The molecule has 0 atom stereocenters. The molecule has 122 valence electrons. The molecule has 0 aliphatic rings. The Bertz CT molecular complexity index is 977. The van der Waals surface area contributed by atoms with E-state index in [2.05, 4.69) is 21.7 Å². The Morgan fingerprint density at radius 2 is 1.40 bits per heavy atom. The molecule has 0 radical (unpaired) electrons. The Labute approximate surface area is 149 Å². The molecule has 0 fully saturated rings. The van der Waals surface area contributed by atoms with Gasteiger partial charge >= 0.3 is 6.03 Å². The first kappa shape index (κ1) is 15.4. The van der Waals surface area contributed by atoms with E-state index in [1.165, 1.54) is 4.70 Å². The van der Waals surface area contributed by atoms with E-state index in [4.69, 9.17) is 0 Å². The fraction of sp³-hybridized carbons (Fsp3) is 0. The van der Waals surface area contributed by atoms with E-state index >= 15 is 0 Å². The maximum atomic E-state index is 12.0. The summed E-state index contributed by atoms with van der Waals surface area (Å²) in [5.41, 5.74) is 3.53. The molecule has 1 heterocycles. The number of hydrogen-bond donors (Lipinski definition) is 2. The van der Waals surface area contributed by atoms with Gasteiger partial charge in [-0.15, -0.1) is 11.3 Å². The van der Waals surface area contributed by atoms with Gasteiger partial charge in [-0.25, -0.2) is 9.78 Å². The van der Waals surface area contributed by atoms with Crippen molar-refractivity contribution < 1.29 is 4.79 Å². The third-order valence-corrected chi connectivity index (χ3v) is 4.80. The van der Waals surface area contributed by atoms with Gasteiger partial charge in [0.25, 0.3) is 0 Å². The van der Waals surface area contributed by atoms with Gasteiger partial charge < -0.3 is 10.6 Å². The van der Waals surface area contributed by atoms with E-state index in [-0.39, 0.29) is 6.03 Å². The molecule has 0 unspecified atom stereocenters. The number of thiazole rings is 1. The number of hydrogen-bond acceptors (Lipinski definition) is 3. The zero-order chi connectivity index (χ0) is 17.1. The third kappa shape index (κ3) is 3.51. The van der Waals surface area contributed by atoms with Gasteiger partial charge in [-0.2, -0.15) is 0 Å². The van der Waals surface area contributed by atoms with Crippen LogP contribution in [0.4, 0.5) is 16.2 Å². The van der Waals surface area contributed by atoms with Gasteiger partial charge in [-0.3, -0.25) is 0 Å². The van der Waals surface area contributed by atoms with Crippen molar-refractivity contribution >= 4 is 39.0 Å². The average Bonchev–Trinajstić information content (AvgIpc) is 3.07. The number of rotatable bonds is 3. The highest BCUT2D eigenvalue weighted by Gasteiger charge is 2.07. The van der Waals surface area contributed by atoms with Crippen molar-refractivity contribution in [3.63, 3.8) is 0 Å². The lowest BCUT2D eigenvalue weighted by atomic mass is 10.2. The molecule has 4 rings (SSSR count). The number of carbonyl (C=O) groups is 1.